The number of rotatable bonds is 6. The smallest absolute Gasteiger partial charge is 0.303 e. The second-order valence-corrected chi connectivity index (χ2v) is 4.48. The molecule has 0 spiro atoms. The number of pyridine rings is 1. The van der Waals surface area contributed by atoms with Gasteiger partial charge in [0.25, 0.3) is 5.91 Å². The van der Waals surface area contributed by atoms with E-state index in [9.17, 15) is 14.0 Å². The zero-order valence-corrected chi connectivity index (χ0v) is 11.0. The largest absolute Gasteiger partial charge is 0.481 e. The van der Waals surface area contributed by atoms with Gasteiger partial charge in [0, 0.05) is 25.2 Å². The Bertz CT molecular complexity index is 463. The van der Waals surface area contributed by atoms with Crippen molar-refractivity contribution >= 4 is 11.9 Å². The summed E-state index contributed by atoms with van der Waals surface area (Å²) in [6, 6.07) is 1.03. The molecule has 0 bridgehead atoms. The molecule has 1 rings (SSSR count). The maximum atomic E-state index is 13.0. The molecule has 0 aliphatic rings. The lowest BCUT2D eigenvalue weighted by Crippen LogP contribution is -2.38. The van der Waals surface area contributed by atoms with Crippen molar-refractivity contribution in [3.8, 4) is 0 Å². The van der Waals surface area contributed by atoms with Crippen molar-refractivity contribution < 1.29 is 19.1 Å². The van der Waals surface area contributed by atoms with Crippen molar-refractivity contribution in [2.75, 3.05) is 6.54 Å². The van der Waals surface area contributed by atoms with Gasteiger partial charge >= 0.3 is 5.97 Å². The van der Waals surface area contributed by atoms with E-state index in [1.54, 1.807) is 0 Å². The molecule has 1 aromatic rings. The molecule has 19 heavy (non-hydrogen) atoms. The fraction of sp³-hybridized carbons (Fsp3) is 0.462. The number of hydrogen-bond donors (Lipinski definition) is 1. The van der Waals surface area contributed by atoms with Crippen molar-refractivity contribution in [1.82, 2.24) is 9.88 Å². The quantitative estimate of drug-likeness (QED) is 0.855. The molecule has 0 radical (unpaired) electrons. The van der Waals surface area contributed by atoms with E-state index in [-0.39, 0.29) is 23.9 Å². The molecule has 1 N–H and O–H groups in total. The molecule has 0 unspecified atom stereocenters. The highest BCUT2D eigenvalue weighted by molar-refractivity contribution is 5.94. The zero-order valence-electron chi connectivity index (χ0n) is 11.0. The number of carbonyl (C=O) groups is 2. The molecule has 0 aromatic carbocycles. The fourth-order valence-corrected chi connectivity index (χ4v) is 1.69. The highest BCUT2D eigenvalue weighted by Crippen LogP contribution is 2.10. The van der Waals surface area contributed by atoms with Crippen LogP contribution in [0.15, 0.2) is 18.5 Å². The van der Waals surface area contributed by atoms with Crippen molar-refractivity contribution in [2.24, 2.45) is 0 Å². The van der Waals surface area contributed by atoms with Crippen LogP contribution < -0.4 is 0 Å². The summed E-state index contributed by atoms with van der Waals surface area (Å²) in [5.74, 6) is -1.81. The summed E-state index contributed by atoms with van der Waals surface area (Å²) >= 11 is 0. The topological polar surface area (TPSA) is 70.5 Å². The summed E-state index contributed by atoms with van der Waals surface area (Å²) in [7, 11) is 0. The van der Waals surface area contributed by atoms with E-state index < -0.39 is 11.8 Å². The molecular formula is C13H17FN2O3. The second-order valence-electron chi connectivity index (χ2n) is 4.48. The molecule has 0 saturated heterocycles. The van der Waals surface area contributed by atoms with Gasteiger partial charge in [-0.1, -0.05) is 0 Å². The minimum Gasteiger partial charge on any atom is -0.481 e. The molecule has 1 amide bonds. The summed E-state index contributed by atoms with van der Waals surface area (Å²) in [5, 5.41) is 8.59. The molecule has 0 saturated carbocycles. The van der Waals surface area contributed by atoms with Gasteiger partial charge in [0.1, 0.15) is 5.82 Å². The van der Waals surface area contributed by atoms with Gasteiger partial charge in [-0.25, -0.2) is 4.39 Å². The van der Waals surface area contributed by atoms with Gasteiger partial charge in [-0.3, -0.25) is 14.6 Å². The Balaban J connectivity index is 2.75. The van der Waals surface area contributed by atoms with E-state index in [0.29, 0.717) is 13.0 Å². The first-order chi connectivity index (χ1) is 8.91. The average molecular weight is 268 g/mol. The van der Waals surface area contributed by atoms with E-state index >= 15 is 0 Å². The lowest BCUT2D eigenvalue weighted by Gasteiger charge is -2.26. The first kappa shape index (κ1) is 15.1. The Hall–Kier alpha value is -1.98. The summed E-state index contributed by atoms with van der Waals surface area (Å²) in [5.41, 5.74) is 0.170. The second kappa shape index (κ2) is 6.82. The molecule has 0 fully saturated rings. The number of halogens is 1. The number of carboxylic acid groups (broad SMARTS) is 1. The molecule has 104 valence electrons. The highest BCUT2D eigenvalue weighted by atomic mass is 19.1. The third-order valence-electron chi connectivity index (χ3n) is 2.63. The average Bonchev–Trinajstić information content (AvgIpc) is 2.33. The minimum absolute atomic E-state index is 0.00208. The monoisotopic (exact) mass is 268 g/mol. The highest BCUT2D eigenvalue weighted by Gasteiger charge is 2.19. The van der Waals surface area contributed by atoms with Crippen LogP contribution in [0, 0.1) is 5.82 Å². The van der Waals surface area contributed by atoms with Crippen LogP contribution in [0.3, 0.4) is 0 Å². The Morgan fingerprint density at radius 2 is 2.11 bits per heavy atom. The molecule has 1 heterocycles. The molecule has 0 aliphatic carbocycles. The van der Waals surface area contributed by atoms with E-state index in [0.717, 1.165) is 12.3 Å². The summed E-state index contributed by atoms with van der Waals surface area (Å²) in [6.45, 7) is 3.97. The van der Waals surface area contributed by atoms with Gasteiger partial charge < -0.3 is 10.0 Å². The van der Waals surface area contributed by atoms with Gasteiger partial charge in [0.15, 0.2) is 0 Å². The summed E-state index contributed by atoms with van der Waals surface area (Å²) < 4.78 is 13.0. The maximum Gasteiger partial charge on any atom is 0.303 e. The normalized spacial score (nSPS) is 10.5. The first-order valence-corrected chi connectivity index (χ1v) is 6.05. The van der Waals surface area contributed by atoms with Crippen molar-refractivity contribution in [3.05, 3.63) is 29.8 Å². The lowest BCUT2D eigenvalue weighted by molar-refractivity contribution is -0.137. The zero-order chi connectivity index (χ0) is 14.4. The van der Waals surface area contributed by atoms with Gasteiger partial charge in [-0.15, -0.1) is 0 Å². The van der Waals surface area contributed by atoms with Crippen LogP contribution in [0.2, 0.25) is 0 Å². The summed E-state index contributed by atoms with van der Waals surface area (Å²) in [4.78, 5) is 27.8. The Morgan fingerprint density at radius 3 is 2.63 bits per heavy atom. The Labute approximate surface area is 111 Å². The van der Waals surface area contributed by atoms with E-state index in [1.165, 1.54) is 11.1 Å². The lowest BCUT2D eigenvalue weighted by atomic mass is 10.2. The maximum absolute atomic E-state index is 13.0. The first-order valence-electron chi connectivity index (χ1n) is 6.05. The van der Waals surface area contributed by atoms with Crippen LogP contribution in [0.25, 0.3) is 0 Å². The van der Waals surface area contributed by atoms with E-state index in [2.05, 4.69) is 4.98 Å². The minimum atomic E-state index is -0.899. The number of nitrogens with zero attached hydrogens (tertiary/aromatic N) is 2. The predicted molar refractivity (Wildman–Crippen MR) is 67.2 cm³/mol. The SMILES string of the molecule is CC(C)N(CCCC(=O)O)C(=O)c1cncc(F)c1. The van der Waals surface area contributed by atoms with E-state index in [4.69, 9.17) is 5.11 Å². The molecule has 6 heteroatoms. The standard InChI is InChI=1S/C13H17FN2O3/c1-9(2)16(5-3-4-12(17)18)13(19)10-6-11(14)8-15-7-10/h6-9H,3-5H2,1-2H3,(H,17,18). The van der Waals surface area contributed by atoms with Crippen LogP contribution in [-0.2, 0) is 4.79 Å². The molecule has 1 aromatic heterocycles. The Morgan fingerprint density at radius 1 is 1.42 bits per heavy atom. The summed E-state index contributed by atoms with van der Waals surface area (Å²) in [6.07, 6.45) is 2.69. The van der Waals surface area contributed by atoms with Crippen LogP contribution in [-0.4, -0.2) is 39.5 Å². The van der Waals surface area contributed by atoms with Gasteiger partial charge in [-0.05, 0) is 26.3 Å². The van der Waals surface area contributed by atoms with Gasteiger partial charge in [-0.2, -0.15) is 0 Å². The van der Waals surface area contributed by atoms with Crippen molar-refractivity contribution in [3.63, 3.8) is 0 Å². The van der Waals surface area contributed by atoms with Crippen molar-refractivity contribution in [2.45, 2.75) is 32.7 Å². The third-order valence-corrected chi connectivity index (χ3v) is 2.63. The number of carboxylic acids is 1. The van der Waals surface area contributed by atoms with Gasteiger partial charge in [0.05, 0.1) is 11.8 Å². The predicted octanol–water partition coefficient (Wildman–Crippen LogP) is 1.94. The number of aromatic nitrogens is 1. The van der Waals surface area contributed by atoms with Crippen LogP contribution in [0.4, 0.5) is 4.39 Å². The van der Waals surface area contributed by atoms with Gasteiger partial charge in [0.2, 0.25) is 0 Å². The van der Waals surface area contributed by atoms with Crippen LogP contribution in [0.5, 0.6) is 0 Å². The number of amides is 1. The van der Waals surface area contributed by atoms with Crippen LogP contribution >= 0.6 is 0 Å². The van der Waals surface area contributed by atoms with Crippen molar-refractivity contribution in [1.29, 1.82) is 0 Å². The molecule has 5 nitrogen and oxygen atoms in total. The fourth-order valence-electron chi connectivity index (χ4n) is 1.69. The number of aliphatic carboxylic acids is 1. The molecule has 0 atom stereocenters. The van der Waals surface area contributed by atoms with E-state index in [1.807, 2.05) is 13.8 Å². The number of carbonyl (C=O) groups excluding carboxylic acids is 1. The Kier molecular flexibility index (Phi) is 5.41. The third kappa shape index (κ3) is 4.65. The molecule has 0 aliphatic heterocycles. The number of hydrogen-bond acceptors (Lipinski definition) is 3. The van der Waals surface area contributed by atoms with Crippen LogP contribution in [0.1, 0.15) is 37.0 Å². The molecular weight excluding hydrogens is 251 g/mol.